The first-order valence-corrected chi connectivity index (χ1v) is 10.9. The standard InChI is InChI=1S/C21H20BBrFN5O4/c1-12(27-14-5-6-17(24)16(23)11-14)19-20(29-33-28-19)25-8-9-26-21(30)15-4-2-3-13-7-10-32-22(31)18(13)15/h2-6,11,27,31H,1,7-10H2,(H,25,29)(H,26,30). The van der Waals surface area contributed by atoms with E-state index < -0.39 is 7.12 Å². The average molecular weight is 516 g/mol. The summed E-state index contributed by atoms with van der Waals surface area (Å²) < 4.78 is 23.8. The molecule has 33 heavy (non-hydrogen) atoms. The number of hydrogen-bond donors (Lipinski definition) is 4. The van der Waals surface area contributed by atoms with Gasteiger partial charge in [0.05, 0.1) is 10.2 Å². The van der Waals surface area contributed by atoms with Crippen LogP contribution in [0.25, 0.3) is 5.70 Å². The number of benzene rings is 2. The molecule has 0 atom stereocenters. The molecule has 3 aromatic rings. The highest BCUT2D eigenvalue weighted by Gasteiger charge is 2.29. The van der Waals surface area contributed by atoms with Crippen molar-refractivity contribution in [2.45, 2.75) is 6.42 Å². The fourth-order valence-corrected chi connectivity index (χ4v) is 3.83. The van der Waals surface area contributed by atoms with Crippen LogP contribution in [-0.4, -0.2) is 48.1 Å². The highest BCUT2D eigenvalue weighted by molar-refractivity contribution is 9.10. The number of amides is 1. The van der Waals surface area contributed by atoms with Crippen LogP contribution >= 0.6 is 15.9 Å². The molecule has 0 aliphatic carbocycles. The summed E-state index contributed by atoms with van der Waals surface area (Å²) in [5.41, 5.74) is 3.13. The lowest BCUT2D eigenvalue weighted by Crippen LogP contribution is -2.46. The van der Waals surface area contributed by atoms with Gasteiger partial charge in [-0.15, -0.1) is 0 Å². The Labute approximate surface area is 197 Å². The fourth-order valence-electron chi connectivity index (χ4n) is 3.45. The third-order valence-electron chi connectivity index (χ3n) is 5.03. The Hall–Kier alpha value is -3.22. The van der Waals surface area contributed by atoms with E-state index in [4.69, 9.17) is 9.28 Å². The molecule has 0 bridgehead atoms. The minimum Gasteiger partial charge on any atom is -0.423 e. The highest BCUT2D eigenvalue weighted by atomic mass is 79.9. The number of nitrogens with zero attached hydrogens (tertiary/aromatic N) is 2. The van der Waals surface area contributed by atoms with Crippen LogP contribution in [0.4, 0.5) is 15.9 Å². The van der Waals surface area contributed by atoms with Gasteiger partial charge in [0.25, 0.3) is 5.91 Å². The summed E-state index contributed by atoms with van der Waals surface area (Å²) in [6.07, 6.45) is 0.643. The number of halogens is 2. The van der Waals surface area contributed by atoms with E-state index in [1.54, 1.807) is 24.3 Å². The molecule has 0 fully saturated rings. The molecule has 0 unspecified atom stereocenters. The molecule has 0 spiro atoms. The maximum absolute atomic E-state index is 13.4. The lowest BCUT2D eigenvalue weighted by atomic mass is 9.70. The molecule has 4 N–H and O–H groups in total. The molecular formula is C21H20BBrFN5O4. The molecule has 1 aliphatic heterocycles. The van der Waals surface area contributed by atoms with Crippen molar-refractivity contribution in [2.75, 3.05) is 30.3 Å². The van der Waals surface area contributed by atoms with Crippen LogP contribution in [0.5, 0.6) is 0 Å². The molecule has 12 heteroatoms. The van der Waals surface area contributed by atoms with Gasteiger partial charge in [-0.2, -0.15) is 0 Å². The van der Waals surface area contributed by atoms with Crippen molar-refractivity contribution in [1.29, 1.82) is 0 Å². The van der Waals surface area contributed by atoms with E-state index in [0.29, 0.717) is 58.0 Å². The van der Waals surface area contributed by atoms with E-state index in [0.717, 1.165) is 5.56 Å². The van der Waals surface area contributed by atoms with Crippen LogP contribution in [0, 0.1) is 5.82 Å². The zero-order chi connectivity index (χ0) is 23.4. The van der Waals surface area contributed by atoms with Crippen LogP contribution < -0.4 is 21.4 Å². The molecule has 0 saturated carbocycles. The Bertz CT molecular complexity index is 1190. The zero-order valence-electron chi connectivity index (χ0n) is 17.4. The maximum Gasteiger partial charge on any atom is 0.492 e. The lowest BCUT2D eigenvalue weighted by Gasteiger charge is -2.21. The number of rotatable bonds is 8. The van der Waals surface area contributed by atoms with Crippen molar-refractivity contribution < 1.29 is 23.5 Å². The van der Waals surface area contributed by atoms with Gasteiger partial charge >= 0.3 is 7.12 Å². The highest BCUT2D eigenvalue weighted by Crippen LogP contribution is 2.24. The number of nitrogens with one attached hydrogen (secondary N) is 3. The minimum atomic E-state index is -1.11. The largest absolute Gasteiger partial charge is 0.492 e. The number of hydrogen-bond acceptors (Lipinski definition) is 8. The molecule has 170 valence electrons. The Morgan fingerprint density at radius 1 is 1.27 bits per heavy atom. The van der Waals surface area contributed by atoms with Crippen molar-refractivity contribution in [1.82, 2.24) is 15.6 Å². The van der Waals surface area contributed by atoms with Gasteiger partial charge in [0.2, 0.25) is 5.82 Å². The quantitative estimate of drug-likeness (QED) is 0.266. The Morgan fingerprint density at radius 3 is 2.94 bits per heavy atom. The Morgan fingerprint density at radius 2 is 2.12 bits per heavy atom. The maximum atomic E-state index is 13.4. The molecule has 1 amide bonds. The van der Waals surface area contributed by atoms with Gasteiger partial charge in [-0.3, -0.25) is 4.79 Å². The van der Waals surface area contributed by atoms with E-state index in [9.17, 15) is 14.2 Å². The van der Waals surface area contributed by atoms with Gasteiger partial charge in [-0.05, 0) is 68.0 Å². The number of anilines is 2. The average Bonchev–Trinajstić information content (AvgIpc) is 3.27. The molecule has 0 saturated heterocycles. The SMILES string of the molecule is C=C(Nc1ccc(F)c(Br)c1)c1nonc1NCCNC(=O)c1cccc2c1B(O)OCC2. The van der Waals surface area contributed by atoms with E-state index in [-0.39, 0.29) is 18.3 Å². The first kappa shape index (κ1) is 23.0. The predicted molar refractivity (Wildman–Crippen MR) is 126 cm³/mol. The molecule has 0 radical (unpaired) electrons. The summed E-state index contributed by atoms with van der Waals surface area (Å²) in [7, 11) is -1.11. The molecule has 9 nitrogen and oxygen atoms in total. The van der Waals surface area contributed by atoms with Gasteiger partial charge in [0.1, 0.15) is 5.82 Å². The molecule has 1 aromatic heterocycles. The summed E-state index contributed by atoms with van der Waals surface area (Å²) in [5.74, 6) is -0.356. The summed E-state index contributed by atoms with van der Waals surface area (Å²) in [5, 5.41) is 26.7. The van der Waals surface area contributed by atoms with E-state index >= 15 is 0 Å². The number of fused-ring (bicyclic) bond motifs is 1. The first-order chi connectivity index (χ1) is 15.9. The van der Waals surface area contributed by atoms with Crippen molar-refractivity contribution in [3.63, 3.8) is 0 Å². The van der Waals surface area contributed by atoms with Crippen LogP contribution in [0.15, 0.2) is 52.1 Å². The molecule has 2 aromatic carbocycles. The Kier molecular flexibility index (Phi) is 7.06. The second-order valence-corrected chi connectivity index (χ2v) is 8.08. The zero-order valence-corrected chi connectivity index (χ0v) is 19.0. The number of carbonyl (C=O) groups excluding carboxylic acids is 1. The monoisotopic (exact) mass is 515 g/mol. The summed E-state index contributed by atoms with van der Waals surface area (Å²) in [6.45, 7) is 4.94. The van der Waals surface area contributed by atoms with Crippen molar-refractivity contribution in [3.05, 3.63) is 70.1 Å². The lowest BCUT2D eigenvalue weighted by molar-refractivity contribution is 0.0955. The van der Waals surface area contributed by atoms with Crippen LogP contribution in [0.1, 0.15) is 21.6 Å². The smallest absolute Gasteiger partial charge is 0.423 e. The van der Waals surface area contributed by atoms with Crippen LogP contribution in [-0.2, 0) is 11.1 Å². The molecule has 4 rings (SSSR count). The van der Waals surface area contributed by atoms with Crippen LogP contribution in [0.3, 0.4) is 0 Å². The second-order valence-electron chi connectivity index (χ2n) is 7.23. The number of aromatic nitrogens is 2. The minimum absolute atomic E-state index is 0.274. The van der Waals surface area contributed by atoms with E-state index in [1.807, 2.05) is 6.07 Å². The predicted octanol–water partition coefficient (Wildman–Crippen LogP) is 2.16. The summed E-state index contributed by atoms with van der Waals surface area (Å²) in [6, 6.07) is 9.77. The third-order valence-corrected chi connectivity index (χ3v) is 5.64. The molecule has 2 heterocycles. The van der Waals surface area contributed by atoms with Crippen molar-refractivity contribution >= 4 is 51.6 Å². The summed E-state index contributed by atoms with van der Waals surface area (Å²) in [4.78, 5) is 12.6. The van der Waals surface area contributed by atoms with Crippen molar-refractivity contribution in [3.8, 4) is 0 Å². The first-order valence-electron chi connectivity index (χ1n) is 10.1. The molecular weight excluding hydrogens is 496 g/mol. The van der Waals surface area contributed by atoms with E-state index in [2.05, 4.69) is 48.8 Å². The number of carbonyl (C=O) groups is 1. The molecule has 1 aliphatic rings. The topological polar surface area (TPSA) is 122 Å². The van der Waals surface area contributed by atoms with E-state index in [1.165, 1.54) is 6.07 Å². The van der Waals surface area contributed by atoms with Gasteiger partial charge in [0, 0.05) is 30.9 Å². The van der Waals surface area contributed by atoms with Crippen molar-refractivity contribution in [2.24, 2.45) is 0 Å². The normalized spacial score (nSPS) is 12.8. The van der Waals surface area contributed by atoms with Gasteiger partial charge in [0.15, 0.2) is 5.69 Å². The second kappa shape index (κ2) is 10.2. The fraction of sp³-hybridized carbons (Fsp3) is 0.190. The van der Waals surface area contributed by atoms with Gasteiger partial charge < -0.3 is 25.6 Å². The van der Waals surface area contributed by atoms with Gasteiger partial charge in [-0.1, -0.05) is 18.7 Å². The third kappa shape index (κ3) is 5.24. The Balaban J connectivity index is 1.32. The van der Waals surface area contributed by atoms with Gasteiger partial charge in [-0.25, -0.2) is 9.02 Å². The van der Waals surface area contributed by atoms with Crippen LogP contribution in [0.2, 0.25) is 0 Å². The summed E-state index contributed by atoms with van der Waals surface area (Å²) >= 11 is 3.13.